The maximum absolute atomic E-state index is 12.2. The lowest BCUT2D eigenvalue weighted by Gasteiger charge is -2.22. The number of hydrogen-bond acceptors (Lipinski definition) is 3. The molecule has 3 nitrogen and oxygen atoms in total. The normalized spacial score (nSPS) is 11.9. The smallest absolute Gasteiger partial charge is 0.243 e. The molecule has 0 heterocycles. The quantitative estimate of drug-likeness (QED) is 0.876. The molecule has 1 aromatic carbocycles. The van der Waals surface area contributed by atoms with E-state index in [1.807, 2.05) is 18.4 Å². The summed E-state index contributed by atoms with van der Waals surface area (Å²) in [5, 5.41) is 0. The number of carbonyl (C=O) groups excluding carboxylic acids is 1. The van der Waals surface area contributed by atoms with Crippen LogP contribution >= 0.6 is 24.2 Å². The minimum Gasteiger partial charge on any atom is -0.320 e. The predicted octanol–water partition coefficient (Wildman–Crippen LogP) is 3.28. The first-order valence-corrected chi connectivity index (χ1v) is 7.98. The molecular formula is C15H25ClN2OS. The highest BCUT2D eigenvalue weighted by molar-refractivity contribution is 7.98. The Morgan fingerprint density at radius 2 is 2.05 bits per heavy atom. The van der Waals surface area contributed by atoms with Crippen molar-refractivity contribution < 1.29 is 4.79 Å². The molecule has 0 spiro atoms. The number of thioether (sulfide) groups is 1. The van der Waals surface area contributed by atoms with Crippen molar-refractivity contribution in [3.05, 3.63) is 29.8 Å². The van der Waals surface area contributed by atoms with E-state index in [9.17, 15) is 4.79 Å². The number of carbonyl (C=O) groups is 1. The summed E-state index contributed by atoms with van der Waals surface area (Å²) in [5.74, 6) is 1.34. The molecule has 1 rings (SSSR count). The third-order valence-electron chi connectivity index (χ3n) is 3.20. The van der Waals surface area contributed by atoms with E-state index in [0.717, 1.165) is 11.4 Å². The predicted molar refractivity (Wildman–Crippen MR) is 92.2 cm³/mol. The number of nitrogens with two attached hydrogens (primary N) is 1. The molecule has 0 radical (unpaired) electrons. The second-order valence-corrected chi connectivity index (χ2v) is 6.02. The molecule has 20 heavy (non-hydrogen) atoms. The molecule has 0 saturated heterocycles. The first-order valence-electron chi connectivity index (χ1n) is 6.59. The van der Waals surface area contributed by atoms with Crippen LogP contribution in [-0.2, 0) is 4.79 Å². The van der Waals surface area contributed by atoms with E-state index in [-0.39, 0.29) is 18.3 Å². The molecule has 1 atom stereocenters. The lowest BCUT2D eigenvalue weighted by atomic mass is 10.0. The van der Waals surface area contributed by atoms with Crippen LogP contribution in [0, 0.1) is 0 Å². The van der Waals surface area contributed by atoms with Gasteiger partial charge in [0.05, 0.1) is 6.04 Å². The van der Waals surface area contributed by atoms with Gasteiger partial charge >= 0.3 is 0 Å². The Kier molecular flexibility index (Phi) is 8.94. The highest BCUT2D eigenvalue weighted by Crippen LogP contribution is 2.21. The van der Waals surface area contributed by atoms with Crippen LogP contribution in [0.1, 0.15) is 31.7 Å². The molecule has 0 aliphatic rings. The number of amides is 1. The van der Waals surface area contributed by atoms with Crippen LogP contribution in [-0.4, -0.2) is 31.0 Å². The second kappa shape index (κ2) is 9.27. The molecule has 0 unspecified atom stereocenters. The van der Waals surface area contributed by atoms with Crippen molar-refractivity contribution >= 4 is 35.8 Å². The van der Waals surface area contributed by atoms with Gasteiger partial charge in [0.25, 0.3) is 0 Å². The molecule has 0 bridgehead atoms. The molecule has 1 aromatic rings. The highest BCUT2D eigenvalue weighted by atomic mass is 35.5. The van der Waals surface area contributed by atoms with Crippen LogP contribution < -0.4 is 10.6 Å². The van der Waals surface area contributed by atoms with Crippen molar-refractivity contribution in [3.63, 3.8) is 0 Å². The molecule has 114 valence electrons. The molecule has 0 saturated carbocycles. The van der Waals surface area contributed by atoms with Crippen LogP contribution in [0.4, 0.5) is 5.69 Å². The topological polar surface area (TPSA) is 46.3 Å². The van der Waals surface area contributed by atoms with E-state index in [1.165, 1.54) is 5.56 Å². The molecule has 0 aliphatic carbocycles. The molecule has 0 aromatic heterocycles. The monoisotopic (exact) mass is 316 g/mol. The molecule has 0 fully saturated rings. The van der Waals surface area contributed by atoms with Gasteiger partial charge in [-0.1, -0.05) is 26.0 Å². The molecule has 0 aliphatic heterocycles. The van der Waals surface area contributed by atoms with Crippen LogP contribution in [0.3, 0.4) is 0 Å². The van der Waals surface area contributed by atoms with Crippen molar-refractivity contribution in [1.29, 1.82) is 0 Å². The third-order valence-corrected chi connectivity index (χ3v) is 3.85. The average Bonchev–Trinajstić information content (AvgIpc) is 2.43. The minimum atomic E-state index is -0.417. The molecule has 2 N–H and O–H groups in total. The largest absolute Gasteiger partial charge is 0.320 e. The number of benzene rings is 1. The number of likely N-dealkylation sites (N-methyl/N-ethyl adjacent to an activating group) is 1. The van der Waals surface area contributed by atoms with Crippen LogP contribution in [0.5, 0.6) is 0 Å². The molecule has 5 heteroatoms. The van der Waals surface area contributed by atoms with E-state index < -0.39 is 6.04 Å². The zero-order valence-electron chi connectivity index (χ0n) is 12.6. The van der Waals surface area contributed by atoms with Gasteiger partial charge in [-0.3, -0.25) is 4.79 Å². The van der Waals surface area contributed by atoms with Gasteiger partial charge < -0.3 is 10.6 Å². The van der Waals surface area contributed by atoms with Gasteiger partial charge in [0.15, 0.2) is 0 Å². The molecular weight excluding hydrogens is 292 g/mol. The Bertz CT molecular complexity index is 426. The van der Waals surface area contributed by atoms with E-state index in [1.54, 1.807) is 23.7 Å². The lowest BCUT2D eigenvalue weighted by Crippen LogP contribution is -2.42. The van der Waals surface area contributed by atoms with Crippen molar-refractivity contribution in [1.82, 2.24) is 0 Å². The Morgan fingerprint density at radius 1 is 1.40 bits per heavy atom. The van der Waals surface area contributed by atoms with Crippen molar-refractivity contribution in [2.45, 2.75) is 32.2 Å². The standard InChI is InChI=1S/C15H24N2OS.ClH/c1-11(2)12-6-5-7-13(10-12)17(3)15(18)14(16)8-9-19-4;/h5-7,10-11,14H,8-9,16H2,1-4H3;1H/t14-;/m0./s1. The number of anilines is 1. The Balaban J connectivity index is 0.00000361. The zero-order valence-corrected chi connectivity index (χ0v) is 14.3. The number of halogens is 1. The summed E-state index contributed by atoms with van der Waals surface area (Å²) in [6.45, 7) is 4.29. The summed E-state index contributed by atoms with van der Waals surface area (Å²) in [7, 11) is 1.79. The summed E-state index contributed by atoms with van der Waals surface area (Å²) in [4.78, 5) is 13.9. The Morgan fingerprint density at radius 3 is 2.60 bits per heavy atom. The number of hydrogen-bond donors (Lipinski definition) is 1. The maximum atomic E-state index is 12.2. The van der Waals surface area contributed by atoms with E-state index in [0.29, 0.717) is 12.3 Å². The lowest BCUT2D eigenvalue weighted by molar-refractivity contribution is -0.119. The summed E-state index contributed by atoms with van der Waals surface area (Å²) in [6, 6.07) is 7.66. The highest BCUT2D eigenvalue weighted by Gasteiger charge is 2.19. The van der Waals surface area contributed by atoms with Gasteiger partial charge in [0.1, 0.15) is 0 Å². The number of rotatable bonds is 6. The van der Waals surface area contributed by atoms with Gasteiger partial charge in [0, 0.05) is 12.7 Å². The second-order valence-electron chi connectivity index (χ2n) is 5.03. The van der Waals surface area contributed by atoms with Crippen LogP contribution in [0.15, 0.2) is 24.3 Å². The summed E-state index contributed by atoms with van der Waals surface area (Å²) in [6.07, 6.45) is 2.74. The Hall–Kier alpha value is -0.710. The third kappa shape index (κ3) is 5.35. The van der Waals surface area contributed by atoms with Gasteiger partial charge in [-0.15, -0.1) is 12.4 Å². The fourth-order valence-corrected chi connectivity index (χ4v) is 2.33. The van der Waals surface area contributed by atoms with Gasteiger partial charge in [-0.05, 0) is 42.0 Å². The van der Waals surface area contributed by atoms with Crippen molar-refractivity contribution in [2.75, 3.05) is 24.0 Å². The van der Waals surface area contributed by atoms with Crippen molar-refractivity contribution in [3.8, 4) is 0 Å². The fraction of sp³-hybridized carbons (Fsp3) is 0.533. The minimum absolute atomic E-state index is 0. The van der Waals surface area contributed by atoms with E-state index in [4.69, 9.17) is 5.73 Å². The summed E-state index contributed by atoms with van der Waals surface area (Å²) in [5.41, 5.74) is 8.08. The van der Waals surface area contributed by atoms with Gasteiger partial charge in [0.2, 0.25) is 5.91 Å². The van der Waals surface area contributed by atoms with Crippen LogP contribution in [0.2, 0.25) is 0 Å². The van der Waals surface area contributed by atoms with Gasteiger partial charge in [-0.2, -0.15) is 11.8 Å². The first kappa shape index (κ1) is 19.3. The van der Waals surface area contributed by atoms with Gasteiger partial charge in [-0.25, -0.2) is 0 Å². The average molecular weight is 317 g/mol. The Labute approximate surface area is 132 Å². The number of nitrogens with zero attached hydrogens (tertiary/aromatic N) is 1. The van der Waals surface area contributed by atoms with E-state index in [2.05, 4.69) is 26.0 Å². The van der Waals surface area contributed by atoms with E-state index >= 15 is 0 Å². The first-order chi connectivity index (χ1) is 8.97. The summed E-state index contributed by atoms with van der Waals surface area (Å²) < 4.78 is 0. The fourth-order valence-electron chi connectivity index (χ4n) is 1.84. The maximum Gasteiger partial charge on any atom is 0.243 e. The SMILES string of the molecule is CSCC[C@H](N)C(=O)N(C)c1cccc(C(C)C)c1.Cl. The van der Waals surface area contributed by atoms with Crippen molar-refractivity contribution in [2.24, 2.45) is 5.73 Å². The summed E-state index contributed by atoms with van der Waals surface area (Å²) >= 11 is 1.71. The molecule has 1 amide bonds. The van der Waals surface area contributed by atoms with Crippen LogP contribution in [0.25, 0.3) is 0 Å². The zero-order chi connectivity index (χ0) is 14.4.